The van der Waals surface area contributed by atoms with Crippen molar-refractivity contribution in [2.75, 3.05) is 18.9 Å². The SMILES string of the molecule is Nc1cc(Cl)cc(Oc2c(Cl)ccc(CNC(=O)c3cc4cc(OCCO)ccc4[nH]3)c2F)c1. The molecule has 0 saturated heterocycles. The molecule has 0 saturated carbocycles. The van der Waals surface area contributed by atoms with Gasteiger partial charge in [0.25, 0.3) is 5.91 Å². The summed E-state index contributed by atoms with van der Waals surface area (Å²) in [5.41, 5.74) is 7.32. The molecular formula is C24H20Cl2FN3O4. The molecule has 0 atom stereocenters. The normalized spacial score (nSPS) is 10.9. The molecule has 0 bridgehead atoms. The van der Waals surface area contributed by atoms with Crippen molar-refractivity contribution in [3.63, 3.8) is 0 Å². The fraction of sp³-hybridized carbons (Fsp3) is 0.125. The summed E-state index contributed by atoms with van der Waals surface area (Å²) in [6, 6.07) is 14.4. The van der Waals surface area contributed by atoms with Crippen LogP contribution in [0.1, 0.15) is 16.1 Å². The molecule has 7 nitrogen and oxygen atoms in total. The number of ether oxygens (including phenoxy) is 2. The second-order valence-corrected chi connectivity index (χ2v) is 8.20. The summed E-state index contributed by atoms with van der Waals surface area (Å²) in [5.74, 6) is -0.532. The van der Waals surface area contributed by atoms with Gasteiger partial charge in [-0.3, -0.25) is 4.79 Å². The first kappa shape index (κ1) is 23.7. The third kappa shape index (κ3) is 5.36. The number of nitrogens with one attached hydrogen (secondary N) is 2. The van der Waals surface area contributed by atoms with Crippen LogP contribution in [0, 0.1) is 5.82 Å². The zero-order valence-electron chi connectivity index (χ0n) is 17.7. The van der Waals surface area contributed by atoms with Crippen molar-refractivity contribution in [3.8, 4) is 17.2 Å². The minimum Gasteiger partial charge on any atom is -0.491 e. The molecular weight excluding hydrogens is 484 g/mol. The summed E-state index contributed by atoms with van der Waals surface area (Å²) in [6.07, 6.45) is 0. The molecule has 1 amide bonds. The highest BCUT2D eigenvalue weighted by atomic mass is 35.5. The molecule has 0 aliphatic heterocycles. The predicted octanol–water partition coefficient (Wildman–Crippen LogP) is 5.29. The van der Waals surface area contributed by atoms with Crippen LogP contribution in [-0.2, 0) is 6.54 Å². The number of nitrogen functional groups attached to an aromatic ring is 1. The van der Waals surface area contributed by atoms with Crippen molar-refractivity contribution in [2.24, 2.45) is 0 Å². The van der Waals surface area contributed by atoms with Crippen molar-refractivity contribution in [1.82, 2.24) is 10.3 Å². The number of hydrogen-bond donors (Lipinski definition) is 4. The first-order valence-corrected chi connectivity index (χ1v) is 10.9. The van der Waals surface area contributed by atoms with Crippen LogP contribution >= 0.6 is 23.2 Å². The number of aromatic nitrogens is 1. The summed E-state index contributed by atoms with van der Waals surface area (Å²) in [4.78, 5) is 15.7. The molecule has 1 aromatic heterocycles. The van der Waals surface area contributed by atoms with Crippen molar-refractivity contribution in [2.45, 2.75) is 6.54 Å². The highest BCUT2D eigenvalue weighted by molar-refractivity contribution is 6.32. The zero-order valence-corrected chi connectivity index (χ0v) is 19.2. The number of carbonyl (C=O) groups excluding carboxylic acids is 1. The Morgan fingerprint density at radius 1 is 1.09 bits per heavy atom. The van der Waals surface area contributed by atoms with E-state index in [0.717, 1.165) is 10.9 Å². The number of H-pyrrole nitrogens is 1. The number of benzene rings is 3. The van der Waals surface area contributed by atoms with E-state index in [9.17, 15) is 4.79 Å². The molecule has 0 unspecified atom stereocenters. The molecule has 4 rings (SSSR count). The van der Waals surface area contributed by atoms with Crippen molar-refractivity contribution in [3.05, 3.63) is 81.7 Å². The lowest BCUT2D eigenvalue weighted by Gasteiger charge is -2.13. The van der Waals surface area contributed by atoms with E-state index in [1.165, 1.54) is 30.3 Å². The van der Waals surface area contributed by atoms with Gasteiger partial charge in [-0.15, -0.1) is 0 Å². The number of rotatable bonds is 8. The van der Waals surface area contributed by atoms with Gasteiger partial charge in [0, 0.05) is 39.8 Å². The molecule has 0 aliphatic rings. The summed E-state index contributed by atoms with van der Waals surface area (Å²) in [7, 11) is 0. The molecule has 5 N–H and O–H groups in total. The summed E-state index contributed by atoms with van der Waals surface area (Å²) in [5, 5.41) is 12.7. The quantitative estimate of drug-likeness (QED) is 0.244. The molecule has 176 valence electrons. The van der Waals surface area contributed by atoms with E-state index in [4.69, 9.17) is 43.5 Å². The second-order valence-electron chi connectivity index (χ2n) is 7.36. The van der Waals surface area contributed by atoms with Crippen LogP contribution in [0.3, 0.4) is 0 Å². The van der Waals surface area contributed by atoms with Gasteiger partial charge in [0.05, 0.1) is 11.6 Å². The smallest absolute Gasteiger partial charge is 0.267 e. The summed E-state index contributed by atoms with van der Waals surface area (Å²) in [6.45, 7) is -0.0254. The molecule has 1 heterocycles. The fourth-order valence-electron chi connectivity index (χ4n) is 3.32. The Bertz CT molecular complexity index is 1340. The van der Waals surface area contributed by atoms with Gasteiger partial charge in [0.1, 0.15) is 23.8 Å². The van der Waals surface area contributed by atoms with E-state index < -0.39 is 11.7 Å². The number of halogens is 3. The minimum absolute atomic E-state index is 0.0564. The Balaban J connectivity index is 1.49. The average molecular weight is 504 g/mol. The Labute approximate surface area is 204 Å². The van der Waals surface area contributed by atoms with Crippen LogP contribution < -0.4 is 20.5 Å². The van der Waals surface area contributed by atoms with Crippen LogP contribution in [-0.4, -0.2) is 29.2 Å². The Morgan fingerprint density at radius 2 is 1.91 bits per heavy atom. The van der Waals surface area contributed by atoms with Gasteiger partial charge >= 0.3 is 0 Å². The van der Waals surface area contributed by atoms with Crippen LogP contribution in [0.25, 0.3) is 10.9 Å². The number of carbonyl (C=O) groups is 1. The lowest BCUT2D eigenvalue weighted by molar-refractivity contribution is 0.0946. The first-order valence-electron chi connectivity index (χ1n) is 10.2. The van der Waals surface area contributed by atoms with E-state index in [1.807, 2.05) is 0 Å². The van der Waals surface area contributed by atoms with Crippen LogP contribution in [0.15, 0.2) is 54.6 Å². The van der Waals surface area contributed by atoms with Gasteiger partial charge in [0.15, 0.2) is 11.6 Å². The molecule has 4 aromatic rings. The van der Waals surface area contributed by atoms with E-state index in [-0.39, 0.29) is 41.8 Å². The van der Waals surface area contributed by atoms with Crippen LogP contribution in [0.2, 0.25) is 10.0 Å². The van der Waals surface area contributed by atoms with Gasteiger partial charge in [-0.1, -0.05) is 29.3 Å². The number of aliphatic hydroxyl groups excluding tert-OH is 1. The van der Waals surface area contributed by atoms with Crippen molar-refractivity contribution < 1.29 is 23.8 Å². The van der Waals surface area contributed by atoms with E-state index in [0.29, 0.717) is 22.2 Å². The van der Waals surface area contributed by atoms with Gasteiger partial charge in [0.2, 0.25) is 0 Å². The number of nitrogens with two attached hydrogens (primary N) is 1. The third-order valence-electron chi connectivity index (χ3n) is 4.88. The molecule has 10 heteroatoms. The zero-order chi connectivity index (χ0) is 24.2. The number of aromatic amines is 1. The molecule has 0 fully saturated rings. The van der Waals surface area contributed by atoms with Gasteiger partial charge in [-0.05, 0) is 42.5 Å². The predicted molar refractivity (Wildman–Crippen MR) is 129 cm³/mol. The third-order valence-corrected chi connectivity index (χ3v) is 5.39. The lowest BCUT2D eigenvalue weighted by Crippen LogP contribution is -2.23. The van der Waals surface area contributed by atoms with Gasteiger partial charge in [-0.25, -0.2) is 4.39 Å². The maximum atomic E-state index is 15.1. The molecule has 3 aromatic carbocycles. The number of amides is 1. The maximum absolute atomic E-state index is 15.1. The Hall–Kier alpha value is -3.46. The van der Waals surface area contributed by atoms with E-state index >= 15 is 4.39 Å². The summed E-state index contributed by atoms with van der Waals surface area (Å²) < 4.78 is 26.1. The lowest BCUT2D eigenvalue weighted by atomic mass is 10.2. The largest absolute Gasteiger partial charge is 0.491 e. The monoisotopic (exact) mass is 503 g/mol. The number of anilines is 1. The topological polar surface area (TPSA) is 110 Å². The highest BCUT2D eigenvalue weighted by Gasteiger charge is 2.17. The van der Waals surface area contributed by atoms with E-state index in [2.05, 4.69) is 10.3 Å². The first-order chi connectivity index (χ1) is 16.3. The highest BCUT2D eigenvalue weighted by Crippen LogP contribution is 2.35. The average Bonchev–Trinajstić information content (AvgIpc) is 3.22. The van der Waals surface area contributed by atoms with Crippen LogP contribution in [0.4, 0.5) is 10.1 Å². The number of fused-ring (bicyclic) bond motifs is 1. The number of aliphatic hydroxyl groups is 1. The van der Waals surface area contributed by atoms with Crippen molar-refractivity contribution >= 4 is 45.7 Å². The Morgan fingerprint density at radius 3 is 2.68 bits per heavy atom. The van der Waals surface area contributed by atoms with Gasteiger partial charge < -0.3 is 30.6 Å². The standard InChI is InChI=1S/C24H20Cl2FN3O4/c25-15-9-16(28)11-18(10-15)34-23-19(26)3-1-13(22(23)27)12-29-24(32)21-8-14-7-17(33-6-5-31)2-4-20(14)30-21/h1-4,7-11,30-31H,5-6,12,28H2,(H,29,32). The molecule has 0 radical (unpaired) electrons. The van der Waals surface area contributed by atoms with Gasteiger partial charge in [-0.2, -0.15) is 0 Å². The maximum Gasteiger partial charge on any atom is 0.267 e. The Kier molecular flexibility index (Phi) is 7.12. The fourth-order valence-corrected chi connectivity index (χ4v) is 3.74. The molecule has 34 heavy (non-hydrogen) atoms. The van der Waals surface area contributed by atoms with Crippen LogP contribution in [0.5, 0.6) is 17.2 Å². The van der Waals surface area contributed by atoms with Crippen molar-refractivity contribution in [1.29, 1.82) is 0 Å². The molecule has 0 spiro atoms. The second kappa shape index (κ2) is 10.2. The molecule has 0 aliphatic carbocycles. The summed E-state index contributed by atoms with van der Waals surface area (Å²) >= 11 is 12.1. The van der Waals surface area contributed by atoms with E-state index in [1.54, 1.807) is 24.3 Å². The minimum atomic E-state index is -0.714. The number of hydrogen-bond acceptors (Lipinski definition) is 5.